The fraction of sp³-hybridized carbons (Fsp3) is 0. The van der Waals surface area contributed by atoms with Gasteiger partial charge in [0.25, 0.3) is 0 Å². The van der Waals surface area contributed by atoms with Crippen LogP contribution >= 0.6 is 0 Å². The Bertz CT molecular complexity index is 3110. The van der Waals surface area contributed by atoms with Gasteiger partial charge >= 0.3 is 0 Å². The second kappa shape index (κ2) is 10.0. The van der Waals surface area contributed by atoms with Gasteiger partial charge in [-0.05, 0) is 100 Å². The fourth-order valence-electron chi connectivity index (χ4n) is 8.73. The first kappa shape index (κ1) is 26.6. The Kier molecular flexibility index (Phi) is 5.45. The number of para-hydroxylation sites is 2. The average Bonchev–Trinajstić information content (AvgIpc) is 3.50. The van der Waals surface area contributed by atoms with Crippen molar-refractivity contribution in [1.29, 1.82) is 0 Å². The summed E-state index contributed by atoms with van der Waals surface area (Å²) in [5, 5.41) is 17.7. The second-order valence-electron chi connectivity index (χ2n) is 13.2. The van der Waals surface area contributed by atoms with Crippen LogP contribution in [0.5, 0.6) is 0 Å². The smallest absolute Gasteiger partial charge is 0.0541 e. The van der Waals surface area contributed by atoms with E-state index in [9.17, 15) is 0 Å². The van der Waals surface area contributed by atoms with Crippen molar-refractivity contribution in [2.24, 2.45) is 0 Å². The minimum Gasteiger partial charge on any atom is -0.309 e. The second-order valence-corrected chi connectivity index (χ2v) is 13.2. The molecule has 0 saturated carbocycles. The van der Waals surface area contributed by atoms with E-state index < -0.39 is 0 Å². The van der Waals surface area contributed by atoms with Crippen LogP contribution in [0, 0.1) is 0 Å². The van der Waals surface area contributed by atoms with Crippen molar-refractivity contribution in [2.45, 2.75) is 0 Å². The number of nitrogens with zero attached hydrogens (tertiary/aromatic N) is 1. The number of rotatable bonds is 1. The monoisotopic (exact) mass is 619 g/mol. The van der Waals surface area contributed by atoms with Gasteiger partial charge in [-0.25, -0.2) is 0 Å². The molecule has 0 atom stereocenters. The Balaban J connectivity index is 1.45. The Labute approximate surface area is 282 Å². The lowest BCUT2D eigenvalue weighted by Gasteiger charge is -2.20. The molecule has 2 aliphatic carbocycles. The molecule has 0 aliphatic heterocycles. The summed E-state index contributed by atoms with van der Waals surface area (Å²) in [4.78, 5) is 0. The highest BCUT2D eigenvalue weighted by atomic mass is 15.0. The predicted molar refractivity (Wildman–Crippen MR) is 211 cm³/mol. The van der Waals surface area contributed by atoms with Crippen LogP contribution in [0.4, 0.5) is 0 Å². The Morgan fingerprint density at radius 1 is 0.224 bits per heavy atom. The van der Waals surface area contributed by atoms with Gasteiger partial charge in [-0.3, -0.25) is 0 Å². The highest BCUT2D eigenvalue weighted by Crippen LogP contribution is 2.47. The SMILES string of the molecule is c1cc2c3c(c1)c1ccccc1c1ccc(-n4c5ccccc5c5ccccc54)cc1c1cccc(c1-3)c1ccccc1c1ccccc21. The van der Waals surface area contributed by atoms with Crippen molar-refractivity contribution in [2.75, 3.05) is 0 Å². The molecule has 0 bridgehead atoms. The van der Waals surface area contributed by atoms with Crippen molar-refractivity contribution >= 4 is 86.4 Å². The first-order chi connectivity index (χ1) is 24.3. The number of hydrogen-bond donors (Lipinski definition) is 0. The molecule has 2 aliphatic rings. The number of benzene rings is 8. The zero-order valence-electron chi connectivity index (χ0n) is 26.7. The molecule has 9 aromatic rings. The third kappa shape index (κ3) is 3.65. The molecule has 1 heteroatoms. The molecule has 1 aromatic heterocycles. The van der Waals surface area contributed by atoms with E-state index in [-0.39, 0.29) is 0 Å². The maximum atomic E-state index is 2.44. The molecule has 1 nitrogen and oxygen atoms in total. The quantitative estimate of drug-likeness (QED) is 0.172. The zero-order chi connectivity index (χ0) is 32.1. The topological polar surface area (TPSA) is 4.93 Å². The summed E-state index contributed by atoms with van der Waals surface area (Å²) in [5.41, 5.74) is 6.20. The molecule has 11 rings (SSSR count). The van der Waals surface area contributed by atoms with E-state index in [0.29, 0.717) is 0 Å². The summed E-state index contributed by atoms with van der Waals surface area (Å²) in [6, 6.07) is 65.3. The zero-order valence-corrected chi connectivity index (χ0v) is 26.7. The third-order valence-electron chi connectivity index (χ3n) is 10.7. The maximum absolute atomic E-state index is 2.44. The molecular weight excluding hydrogens is 591 g/mol. The van der Waals surface area contributed by atoms with E-state index in [2.05, 4.69) is 180 Å². The summed E-state index contributed by atoms with van der Waals surface area (Å²) in [5.74, 6) is 0. The van der Waals surface area contributed by atoms with Crippen LogP contribution in [-0.2, 0) is 0 Å². The third-order valence-corrected chi connectivity index (χ3v) is 10.7. The van der Waals surface area contributed by atoms with Crippen LogP contribution in [0.15, 0.2) is 176 Å². The van der Waals surface area contributed by atoms with Crippen molar-refractivity contribution in [3.63, 3.8) is 0 Å². The lowest BCUT2D eigenvalue weighted by atomic mass is 9.84. The molecule has 0 spiro atoms. The Morgan fingerprint density at radius 3 is 0.959 bits per heavy atom. The lowest BCUT2D eigenvalue weighted by molar-refractivity contribution is 1.19. The molecule has 0 saturated heterocycles. The minimum absolute atomic E-state index is 1.16. The molecule has 0 radical (unpaired) electrons. The van der Waals surface area contributed by atoms with Crippen LogP contribution in [0.25, 0.3) is 103 Å². The van der Waals surface area contributed by atoms with Gasteiger partial charge in [0.1, 0.15) is 0 Å². The van der Waals surface area contributed by atoms with E-state index in [1.54, 1.807) is 0 Å². The lowest BCUT2D eigenvalue weighted by Crippen LogP contribution is -1.95. The first-order valence-corrected chi connectivity index (χ1v) is 17.0. The summed E-state index contributed by atoms with van der Waals surface area (Å²) < 4.78 is 2.44. The Hall–Kier alpha value is -6.44. The highest BCUT2D eigenvalue weighted by molar-refractivity contribution is 6.31. The molecule has 0 fully saturated rings. The maximum Gasteiger partial charge on any atom is 0.0541 e. The number of hydrogen-bond acceptors (Lipinski definition) is 0. The van der Waals surface area contributed by atoms with E-state index in [4.69, 9.17) is 0 Å². The fourth-order valence-corrected chi connectivity index (χ4v) is 8.73. The number of fused-ring (bicyclic) bond motifs is 13. The molecule has 0 N–H and O–H groups in total. The van der Waals surface area contributed by atoms with Crippen molar-refractivity contribution in [3.8, 4) is 16.8 Å². The normalized spacial score (nSPS) is 12.1. The standard InChI is InChI=1S/C48H29N/c1-4-16-34-31(13-1)32-14-2-5-17-35(32)42-23-12-24-43-44-29-30(49-45-25-9-7-19-38(45)39-20-8-10-26-46(39)49)27-28-37(44)33-15-3-6-18-36(33)41-22-11-21-40(34)47(41)48(42)43/h1-29H. The van der Waals surface area contributed by atoms with E-state index in [1.807, 2.05) is 0 Å². The molecule has 226 valence electrons. The van der Waals surface area contributed by atoms with Crippen molar-refractivity contribution in [3.05, 3.63) is 176 Å². The minimum atomic E-state index is 1.16. The van der Waals surface area contributed by atoms with Gasteiger partial charge in [-0.2, -0.15) is 0 Å². The predicted octanol–water partition coefficient (Wildman–Crippen LogP) is 13.4. The van der Waals surface area contributed by atoms with Gasteiger partial charge in [-0.1, -0.05) is 152 Å². The molecule has 8 aromatic carbocycles. The van der Waals surface area contributed by atoms with Gasteiger partial charge in [0, 0.05) is 16.5 Å². The molecule has 0 unspecified atom stereocenters. The van der Waals surface area contributed by atoms with Gasteiger partial charge in [-0.15, -0.1) is 0 Å². The van der Waals surface area contributed by atoms with Crippen LogP contribution in [-0.4, -0.2) is 4.57 Å². The van der Waals surface area contributed by atoms with E-state index >= 15 is 0 Å². The highest BCUT2D eigenvalue weighted by Gasteiger charge is 2.20. The van der Waals surface area contributed by atoms with Crippen LogP contribution in [0.1, 0.15) is 0 Å². The van der Waals surface area contributed by atoms with Gasteiger partial charge in [0.2, 0.25) is 0 Å². The van der Waals surface area contributed by atoms with Gasteiger partial charge < -0.3 is 4.57 Å². The van der Waals surface area contributed by atoms with E-state index in [1.165, 1.54) is 97.6 Å². The van der Waals surface area contributed by atoms with Crippen LogP contribution in [0.2, 0.25) is 0 Å². The van der Waals surface area contributed by atoms with E-state index in [0.717, 1.165) is 5.69 Å². The summed E-state index contributed by atoms with van der Waals surface area (Å²) in [6.45, 7) is 0. The van der Waals surface area contributed by atoms with Crippen molar-refractivity contribution in [1.82, 2.24) is 4.57 Å². The van der Waals surface area contributed by atoms with Gasteiger partial charge in [0.15, 0.2) is 0 Å². The average molecular weight is 620 g/mol. The summed E-state index contributed by atoms with van der Waals surface area (Å²) in [7, 11) is 0. The van der Waals surface area contributed by atoms with Gasteiger partial charge in [0.05, 0.1) is 11.0 Å². The van der Waals surface area contributed by atoms with Crippen LogP contribution < -0.4 is 0 Å². The molecular formula is C48H29N. The first-order valence-electron chi connectivity index (χ1n) is 17.0. The molecule has 1 heterocycles. The largest absolute Gasteiger partial charge is 0.309 e. The number of aromatic nitrogens is 1. The summed E-state index contributed by atoms with van der Waals surface area (Å²) in [6.07, 6.45) is 0. The molecule has 49 heavy (non-hydrogen) atoms. The molecule has 0 amide bonds. The summed E-state index contributed by atoms with van der Waals surface area (Å²) >= 11 is 0. The van der Waals surface area contributed by atoms with Crippen LogP contribution in [0.3, 0.4) is 0 Å². The van der Waals surface area contributed by atoms with Crippen molar-refractivity contribution < 1.29 is 0 Å². The Morgan fingerprint density at radius 2 is 0.531 bits per heavy atom.